The summed E-state index contributed by atoms with van der Waals surface area (Å²) in [5.74, 6) is -2.91. The summed E-state index contributed by atoms with van der Waals surface area (Å²) in [5, 5.41) is 11.5. The molecule has 0 radical (unpaired) electrons. The number of hydrogen-bond acceptors (Lipinski definition) is 3. The molecule has 1 aromatic rings. The Kier molecular flexibility index (Phi) is 6.24. The molecule has 1 atom stereocenters. The predicted molar refractivity (Wildman–Crippen MR) is 69.2 cm³/mol. The summed E-state index contributed by atoms with van der Waals surface area (Å²) in [7, 11) is 0. The van der Waals surface area contributed by atoms with Crippen molar-refractivity contribution in [3.8, 4) is 0 Å². The molecule has 0 aromatic heterocycles. The zero-order chi connectivity index (χ0) is 15.1. The summed E-state index contributed by atoms with van der Waals surface area (Å²) in [4.78, 5) is 23.2. The van der Waals surface area contributed by atoms with E-state index in [9.17, 15) is 18.4 Å². The van der Waals surface area contributed by atoms with Crippen molar-refractivity contribution in [2.75, 3.05) is 6.61 Å². The van der Waals surface area contributed by atoms with Gasteiger partial charge in [0.25, 0.3) is 0 Å². The van der Waals surface area contributed by atoms with Crippen LogP contribution in [-0.4, -0.2) is 29.4 Å². The average molecular weight is 285 g/mol. The lowest BCUT2D eigenvalue weighted by Crippen LogP contribution is -2.37. The summed E-state index contributed by atoms with van der Waals surface area (Å²) in [6.45, 7) is 1.65. The van der Waals surface area contributed by atoms with Gasteiger partial charge in [0.15, 0.2) is 17.4 Å². The molecule has 110 valence electrons. The van der Waals surface area contributed by atoms with Gasteiger partial charge in [-0.3, -0.25) is 9.59 Å². The number of carbonyl (C=O) groups is 2. The van der Waals surface area contributed by atoms with E-state index in [-0.39, 0.29) is 37.0 Å². The van der Waals surface area contributed by atoms with Crippen LogP contribution < -0.4 is 5.32 Å². The first-order valence-corrected chi connectivity index (χ1v) is 6.36. The fourth-order valence-corrected chi connectivity index (χ4v) is 1.62. The van der Waals surface area contributed by atoms with E-state index in [1.807, 2.05) is 6.92 Å². The Morgan fingerprint density at radius 1 is 1.25 bits per heavy atom. The van der Waals surface area contributed by atoms with Crippen molar-refractivity contribution in [1.82, 2.24) is 5.32 Å². The minimum absolute atomic E-state index is 0.0332. The quantitative estimate of drug-likeness (QED) is 0.751. The lowest BCUT2D eigenvalue weighted by Gasteiger charge is -2.13. The maximum Gasteiger partial charge on any atom is 0.220 e. The number of nitrogens with one attached hydrogen (secondary N) is 1. The van der Waals surface area contributed by atoms with Gasteiger partial charge in [-0.15, -0.1) is 0 Å². The zero-order valence-corrected chi connectivity index (χ0v) is 11.2. The third-order valence-electron chi connectivity index (χ3n) is 2.90. The molecule has 1 rings (SSSR count). The standard InChI is InChI=1S/C14H17F2NO3/c1-2-10(8-18)17-14(20)6-5-13(19)9-3-4-11(15)12(16)7-9/h3-4,7,10,18H,2,5-6,8H2,1H3,(H,17,20). The SMILES string of the molecule is CCC(CO)NC(=O)CCC(=O)c1ccc(F)c(F)c1. The van der Waals surface area contributed by atoms with Crippen LogP contribution >= 0.6 is 0 Å². The van der Waals surface area contributed by atoms with Crippen molar-refractivity contribution in [1.29, 1.82) is 0 Å². The largest absolute Gasteiger partial charge is 0.394 e. The molecular formula is C14H17F2NO3. The van der Waals surface area contributed by atoms with Gasteiger partial charge in [0.05, 0.1) is 12.6 Å². The molecule has 0 aliphatic heterocycles. The molecule has 0 saturated heterocycles. The van der Waals surface area contributed by atoms with E-state index in [2.05, 4.69) is 5.32 Å². The van der Waals surface area contributed by atoms with E-state index < -0.39 is 17.4 Å². The minimum Gasteiger partial charge on any atom is -0.394 e. The van der Waals surface area contributed by atoms with Gasteiger partial charge in [0, 0.05) is 18.4 Å². The highest BCUT2D eigenvalue weighted by atomic mass is 19.2. The average Bonchev–Trinajstić information content (AvgIpc) is 2.45. The monoisotopic (exact) mass is 285 g/mol. The zero-order valence-electron chi connectivity index (χ0n) is 11.2. The lowest BCUT2D eigenvalue weighted by molar-refractivity contribution is -0.122. The van der Waals surface area contributed by atoms with Crippen LogP contribution in [0.1, 0.15) is 36.5 Å². The van der Waals surface area contributed by atoms with Gasteiger partial charge >= 0.3 is 0 Å². The molecule has 0 saturated carbocycles. The fourth-order valence-electron chi connectivity index (χ4n) is 1.62. The van der Waals surface area contributed by atoms with Crippen LogP contribution in [0.2, 0.25) is 0 Å². The number of hydrogen-bond donors (Lipinski definition) is 2. The first-order chi connectivity index (χ1) is 9.47. The lowest BCUT2D eigenvalue weighted by atomic mass is 10.1. The van der Waals surface area contributed by atoms with E-state index in [1.54, 1.807) is 0 Å². The number of rotatable bonds is 7. The Hall–Kier alpha value is -1.82. The highest BCUT2D eigenvalue weighted by molar-refractivity contribution is 5.97. The third-order valence-corrected chi connectivity index (χ3v) is 2.90. The number of amides is 1. The van der Waals surface area contributed by atoms with E-state index in [0.717, 1.165) is 12.1 Å². The van der Waals surface area contributed by atoms with Crippen LogP contribution in [-0.2, 0) is 4.79 Å². The Bertz CT molecular complexity index is 487. The highest BCUT2D eigenvalue weighted by Gasteiger charge is 2.13. The number of aliphatic hydroxyl groups is 1. The number of Topliss-reactive ketones (excluding diaryl/α,β-unsaturated/α-hetero) is 1. The van der Waals surface area contributed by atoms with Gasteiger partial charge in [-0.1, -0.05) is 6.92 Å². The normalized spacial score (nSPS) is 12.0. The van der Waals surface area contributed by atoms with Gasteiger partial charge in [-0.05, 0) is 24.6 Å². The second-order valence-corrected chi connectivity index (χ2v) is 4.41. The highest BCUT2D eigenvalue weighted by Crippen LogP contribution is 2.11. The maximum atomic E-state index is 13.0. The minimum atomic E-state index is -1.09. The van der Waals surface area contributed by atoms with Crippen molar-refractivity contribution in [3.63, 3.8) is 0 Å². The second kappa shape index (κ2) is 7.69. The van der Waals surface area contributed by atoms with Crippen molar-refractivity contribution in [2.24, 2.45) is 0 Å². The van der Waals surface area contributed by atoms with Crippen molar-refractivity contribution >= 4 is 11.7 Å². The Morgan fingerprint density at radius 2 is 1.95 bits per heavy atom. The maximum absolute atomic E-state index is 13.0. The number of carbonyl (C=O) groups excluding carboxylic acids is 2. The van der Waals surface area contributed by atoms with Crippen molar-refractivity contribution in [3.05, 3.63) is 35.4 Å². The first-order valence-electron chi connectivity index (χ1n) is 6.36. The smallest absolute Gasteiger partial charge is 0.220 e. The van der Waals surface area contributed by atoms with E-state index in [1.165, 1.54) is 6.07 Å². The Morgan fingerprint density at radius 3 is 2.50 bits per heavy atom. The summed E-state index contributed by atoms with van der Waals surface area (Å²) >= 11 is 0. The van der Waals surface area contributed by atoms with Crippen LogP contribution in [0, 0.1) is 11.6 Å². The van der Waals surface area contributed by atoms with Gasteiger partial charge in [-0.25, -0.2) is 8.78 Å². The molecule has 0 heterocycles. The molecule has 2 N–H and O–H groups in total. The Balaban J connectivity index is 2.50. The molecule has 1 amide bonds. The molecule has 6 heteroatoms. The van der Waals surface area contributed by atoms with Crippen LogP contribution in [0.15, 0.2) is 18.2 Å². The fraction of sp³-hybridized carbons (Fsp3) is 0.429. The molecule has 0 bridgehead atoms. The van der Waals surface area contributed by atoms with Crippen LogP contribution in [0.5, 0.6) is 0 Å². The summed E-state index contributed by atoms with van der Waals surface area (Å²) < 4.78 is 25.7. The van der Waals surface area contributed by atoms with Gasteiger partial charge in [-0.2, -0.15) is 0 Å². The molecule has 0 aliphatic rings. The van der Waals surface area contributed by atoms with Crippen LogP contribution in [0.3, 0.4) is 0 Å². The molecule has 20 heavy (non-hydrogen) atoms. The van der Waals surface area contributed by atoms with Gasteiger partial charge < -0.3 is 10.4 Å². The van der Waals surface area contributed by atoms with Crippen molar-refractivity contribution in [2.45, 2.75) is 32.2 Å². The number of aliphatic hydroxyl groups excluding tert-OH is 1. The molecule has 0 spiro atoms. The van der Waals surface area contributed by atoms with Gasteiger partial charge in [0.1, 0.15) is 0 Å². The summed E-state index contributed by atoms with van der Waals surface area (Å²) in [6, 6.07) is 2.54. The van der Waals surface area contributed by atoms with Crippen molar-refractivity contribution < 1.29 is 23.5 Å². The third kappa shape index (κ3) is 4.70. The molecule has 1 unspecified atom stereocenters. The first kappa shape index (κ1) is 16.2. The predicted octanol–water partition coefficient (Wildman–Crippen LogP) is 1.81. The van der Waals surface area contributed by atoms with E-state index in [4.69, 9.17) is 5.11 Å². The Labute approximate surface area is 115 Å². The number of halogens is 2. The molecule has 0 fully saturated rings. The molecule has 4 nitrogen and oxygen atoms in total. The van der Waals surface area contributed by atoms with Crippen LogP contribution in [0.4, 0.5) is 8.78 Å². The summed E-state index contributed by atoms with van der Waals surface area (Å²) in [5.41, 5.74) is 0.0332. The molecule has 0 aliphatic carbocycles. The second-order valence-electron chi connectivity index (χ2n) is 4.41. The molecule has 1 aromatic carbocycles. The summed E-state index contributed by atoms with van der Waals surface area (Å²) in [6.07, 6.45) is 0.423. The van der Waals surface area contributed by atoms with E-state index >= 15 is 0 Å². The number of benzene rings is 1. The topological polar surface area (TPSA) is 66.4 Å². The molecular weight excluding hydrogens is 268 g/mol. The van der Waals surface area contributed by atoms with E-state index in [0.29, 0.717) is 6.42 Å². The van der Waals surface area contributed by atoms with Crippen LogP contribution in [0.25, 0.3) is 0 Å². The number of ketones is 1. The van der Waals surface area contributed by atoms with Gasteiger partial charge in [0.2, 0.25) is 5.91 Å².